The van der Waals surface area contributed by atoms with Crippen LogP contribution in [0.15, 0.2) is 17.1 Å². The molecule has 7 heteroatoms. The molecule has 0 bridgehead atoms. The van der Waals surface area contributed by atoms with Crippen LogP contribution in [0.25, 0.3) is 0 Å². The van der Waals surface area contributed by atoms with Crippen LogP contribution in [0.5, 0.6) is 0 Å². The fourth-order valence-corrected chi connectivity index (χ4v) is 4.25. The maximum atomic E-state index is 12.5. The molecule has 1 amide bonds. The van der Waals surface area contributed by atoms with Crippen LogP contribution in [0.2, 0.25) is 0 Å². The van der Waals surface area contributed by atoms with Gasteiger partial charge in [-0.1, -0.05) is 19.3 Å². The van der Waals surface area contributed by atoms with Gasteiger partial charge in [-0.15, -0.1) is 0 Å². The highest BCUT2D eigenvalue weighted by atomic mass is 16.5. The van der Waals surface area contributed by atoms with Crippen molar-refractivity contribution in [3.8, 4) is 6.07 Å². The first-order chi connectivity index (χ1) is 13.1. The van der Waals surface area contributed by atoms with Gasteiger partial charge in [-0.25, -0.2) is 0 Å². The number of aryl methyl sites for hydroxylation is 1. The fourth-order valence-electron chi connectivity index (χ4n) is 4.25. The summed E-state index contributed by atoms with van der Waals surface area (Å²) in [5.41, 5.74) is 0.316. The van der Waals surface area contributed by atoms with E-state index in [0.717, 1.165) is 39.1 Å². The zero-order valence-electron chi connectivity index (χ0n) is 16.0. The van der Waals surface area contributed by atoms with Crippen molar-refractivity contribution in [2.45, 2.75) is 51.1 Å². The molecular weight excluding hydrogens is 344 g/mol. The number of aromatic nitrogens is 1. The number of carbonyl (C=O) groups is 1. The minimum absolute atomic E-state index is 0.00621. The number of nitriles is 1. The van der Waals surface area contributed by atoms with Crippen LogP contribution >= 0.6 is 0 Å². The third kappa shape index (κ3) is 4.40. The predicted molar refractivity (Wildman–Crippen MR) is 101 cm³/mol. The lowest BCUT2D eigenvalue weighted by Gasteiger charge is -2.48. The molecule has 1 aromatic heterocycles. The maximum absolute atomic E-state index is 12.5. The van der Waals surface area contributed by atoms with E-state index < -0.39 is 5.56 Å². The smallest absolute Gasteiger partial charge is 0.269 e. The molecule has 2 aliphatic rings. The lowest BCUT2D eigenvalue weighted by Crippen LogP contribution is -2.59. The first-order valence-electron chi connectivity index (χ1n) is 9.75. The van der Waals surface area contributed by atoms with E-state index in [1.54, 1.807) is 19.2 Å². The van der Waals surface area contributed by atoms with Crippen molar-refractivity contribution in [2.24, 2.45) is 0 Å². The number of hydrogen-bond acceptors (Lipinski definition) is 5. The Bertz CT molecular complexity index is 768. The van der Waals surface area contributed by atoms with Gasteiger partial charge in [0.2, 0.25) is 5.91 Å². The average Bonchev–Trinajstić information content (AvgIpc) is 2.70. The Morgan fingerprint density at radius 3 is 2.67 bits per heavy atom. The Balaban J connectivity index is 1.66. The molecule has 0 unspecified atom stereocenters. The lowest BCUT2D eigenvalue weighted by atomic mass is 9.79. The molecule has 7 nitrogen and oxygen atoms in total. The van der Waals surface area contributed by atoms with Gasteiger partial charge >= 0.3 is 0 Å². The highest BCUT2D eigenvalue weighted by Gasteiger charge is 2.38. The number of nitrogens with zero attached hydrogens (tertiary/aromatic N) is 3. The maximum Gasteiger partial charge on any atom is 0.269 e. The molecule has 27 heavy (non-hydrogen) atoms. The number of nitrogens with one attached hydrogen (secondary N) is 1. The van der Waals surface area contributed by atoms with Crippen molar-refractivity contribution >= 4 is 5.91 Å². The van der Waals surface area contributed by atoms with E-state index in [2.05, 4.69) is 10.2 Å². The molecule has 2 heterocycles. The van der Waals surface area contributed by atoms with Crippen LogP contribution in [0.3, 0.4) is 0 Å². The third-order valence-electron chi connectivity index (χ3n) is 5.88. The molecule has 1 aliphatic carbocycles. The van der Waals surface area contributed by atoms with Gasteiger partial charge < -0.3 is 14.6 Å². The topological polar surface area (TPSA) is 87.4 Å². The molecule has 1 aromatic rings. The quantitative estimate of drug-likeness (QED) is 0.839. The molecule has 1 saturated heterocycles. The summed E-state index contributed by atoms with van der Waals surface area (Å²) in [4.78, 5) is 27.3. The van der Waals surface area contributed by atoms with Crippen molar-refractivity contribution in [2.75, 3.05) is 32.8 Å². The lowest BCUT2D eigenvalue weighted by molar-refractivity contribution is -0.123. The Morgan fingerprint density at radius 1 is 1.30 bits per heavy atom. The second-order valence-corrected chi connectivity index (χ2v) is 7.58. The van der Waals surface area contributed by atoms with Gasteiger partial charge in [-0.2, -0.15) is 5.26 Å². The van der Waals surface area contributed by atoms with E-state index in [4.69, 9.17) is 10.00 Å². The third-order valence-corrected chi connectivity index (χ3v) is 5.88. The van der Waals surface area contributed by atoms with E-state index in [9.17, 15) is 9.59 Å². The monoisotopic (exact) mass is 372 g/mol. The van der Waals surface area contributed by atoms with Crippen molar-refractivity contribution in [1.29, 1.82) is 5.26 Å². The summed E-state index contributed by atoms with van der Waals surface area (Å²) in [6.07, 6.45) is 7.34. The number of carbonyl (C=O) groups excluding carboxylic acids is 1. The molecule has 1 aliphatic heterocycles. The Kier molecular flexibility index (Phi) is 6.30. The molecule has 0 aromatic carbocycles. The number of pyridine rings is 1. The van der Waals surface area contributed by atoms with Crippen LogP contribution in [0.4, 0.5) is 0 Å². The Hall–Kier alpha value is -2.17. The van der Waals surface area contributed by atoms with Crippen LogP contribution < -0.4 is 10.9 Å². The molecule has 0 radical (unpaired) electrons. The zero-order valence-corrected chi connectivity index (χ0v) is 16.0. The number of amides is 1. The van der Waals surface area contributed by atoms with Crippen molar-refractivity contribution in [3.05, 3.63) is 33.7 Å². The average molecular weight is 372 g/mol. The first-order valence-corrected chi connectivity index (χ1v) is 9.75. The minimum Gasteiger partial charge on any atom is -0.379 e. The van der Waals surface area contributed by atoms with Gasteiger partial charge in [-0.3, -0.25) is 14.5 Å². The van der Waals surface area contributed by atoms with Crippen LogP contribution in [0, 0.1) is 18.3 Å². The van der Waals surface area contributed by atoms with Gasteiger partial charge in [0.1, 0.15) is 18.2 Å². The molecule has 0 spiro atoms. The van der Waals surface area contributed by atoms with Gasteiger partial charge in [0.05, 0.1) is 13.2 Å². The summed E-state index contributed by atoms with van der Waals surface area (Å²) in [6, 6.07) is 3.62. The van der Waals surface area contributed by atoms with Crippen LogP contribution in [-0.4, -0.2) is 53.8 Å². The van der Waals surface area contributed by atoms with Gasteiger partial charge in [0.25, 0.3) is 5.56 Å². The van der Waals surface area contributed by atoms with Gasteiger partial charge in [0, 0.05) is 31.4 Å². The molecule has 0 atom stereocenters. The summed E-state index contributed by atoms with van der Waals surface area (Å²) in [5.74, 6) is -0.192. The van der Waals surface area contributed by atoms with E-state index in [0.29, 0.717) is 12.1 Å². The number of hydrogen-bond donors (Lipinski definition) is 1. The summed E-state index contributed by atoms with van der Waals surface area (Å²) in [6.45, 7) is 5.54. The molecular formula is C20H28N4O3. The largest absolute Gasteiger partial charge is 0.379 e. The van der Waals surface area contributed by atoms with Gasteiger partial charge in [-0.05, 0) is 31.4 Å². The van der Waals surface area contributed by atoms with Crippen LogP contribution in [-0.2, 0) is 16.1 Å². The zero-order chi connectivity index (χ0) is 19.3. The van der Waals surface area contributed by atoms with E-state index in [1.807, 2.05) is 6.07 Å². The van der Waals surface area contributed by atoms with Gasteiger partial charge in [0.15, 0.2) is 0 Å². The molecule has 1 saturated carbocycles. The van der Waals surface area contributed by atoms with Crippen LogP contribution in [0.1, 0.15) is 43.2 Å². The van der Waals surface area contributed by atoms with Crippen molar-refractivity contribution < 1.29 is 9.53 Å². The fraction of sp³-hybridized carbons (Fsp3) is 0.650. The summed E-state index contributed by atoms with van der Waals surface area (Å²) >= 11 is 0. The summed E-state index contributed by atoms with van der Waals surface area (Å²) in [7, 11) is 0. The predicted octanol–water partition coefficient (Wildman–Crippen LogP) is 1.18. The number of morpholine rings is 1. The van der Waals surface area contributed by atoms with E-state index in [1.165, 1.54) is 23.8 Å². The molecule has 2 fully saturated rings. The Labute approximate surface area is 159 Å². The standard InChI is InChI=1S/C20H28N4O3/c1-16-5-8-23(19(26)17(16)13-21)14-18(25)22-15-20(6-3-2-4-7-20)24-9-11-27-12-10-24/h5,8H,2-4,6-7,9-12,14-15H2,1H3,(H,22,25). The minimum atomic E-state index is -0.409. The second kappa shape index (κ2) is 8.68. The van der Waals surface area contributed by atoms with Crippen molar-refractivity contribution in [1.82, 2.24) is 14.8 Å². The normalized spacial score (nSPS) is 20.0. The number of ether oxygens (including phenoxy) is 1. The van der Waals surface area contributed by atoms with Crippen molar-refractivity contribution in [3.63, 3.8) is 0 Å². The highest BCUT2D eigenvalue weighted by Crippen LogP contribution is 2.33. The molecule has 3 rings (SSSR count). The molecule has 146 valence electrons. The second-order valence-electron chi connectivity index (χ2n) is 7.58. The Morgan fingerprint density at radius 2 is 2.00 bits per heavy atom. The van der Waals surface area contributed by atoms with E-state index >= 15 is 0 Å². The van der Waals surface area contributed by atoms with E-state index in [-0.39, 0.29) is 23.6 Å². The first kappa shape index (κ1) is 19.6. The highest BCUT2D eigenvalue weighted by molar-refractivity contribution is 5.75. The number of rotatable bonds is 5. The summed E-state index contributed by atoms with van der Waals surface area (Å²) in [5, 5.41) is 12.2. The SMILES string of the molecule is Cc1ccn(CC(=O)NCC2(N3CCOCC3)CCCCC2)c(=O)c1C#N. The summed E-state index contributed by atoms with van der Waals surface area (Å²) < 4.78 is 6.80. The molecule has 1 N–H and O–H groups in total.